The third-order valence-electron chi connectivity index (χ3n) is 5.17. The monoisotopic (exact) mass is 508 g/mol. The molecule has 1 amide bonds. The van der Waals surface area contributed by atoms with E-state index in [1.165, 1.54) is 6.08 Å². The molecule has 0 aliphatic rings. The molecule has 0 radical (unpaired) electrons. The van der Waals surface area contributed by atoms with Crippen LogP contribution in [0.15, 0.2) is 77.3 Å². The van der Waals surface area contributed by atoms with E-state index < -0.39 is 0 Å². The highest BCUT2D eigenvalue weighted by atomic mass is 79.9. The molecule has 3 rings (SSSR count). The number of anilines is 2. The summed E-state index contributed by atoms with van der Waals surface area (Å²) in [6.07, 6.45) is 3.25. The second-order valence-corrected chi connectivity index (χ2v) is 8.20. The number of hydrogen-bond acceptors (Lipinski definition) is 4. The van der Waals surface area contributed by atoms with Crippen molar-refractivity contribution in [2.45, 2.75) is 20.5 Å². The largest absolute Gasteiger partial charge is 0.493 e. The minimum Gasteiger partial charge on any atom is -0.493 e. The molecule has 0 bridgehead atoms. The topological polar surface area (TPSA) is 50.8 Å². The minimum atomic E-state index is -0.204. The first-order chi connectivity index (χ1) is 16.0. The number of carbonyl (C=O) groups excluding carboxylic acids is 1. The molecule has 0 aliphatic heterocycles. The van der Waals surface area contributed by atoms with E-state index in [-0.39, 0.29) is 5.91 Å². The predicted molar refractivity (Wildman–Crippen MR) is 139 cm³/mol. The third-order valence-corrected chi connectivity index (χ3v) is 5.76. The zero-order valence-electron chi connectivity index (χ0n) is 19.2. The summed E-state index contributed by atoms with van der Waals surface area (Å²) in [5.41, 5.74) is 3.78. The number of methoxy groups -OCH3 is 1. The van der Waals surface area contributed by atoms with Crippen LogP contribution in [-0.4, -0.2) is 26.1 Å². The number of halogens is 1. The first kappa shape index (κ1) is 24.4. The number of nitrogens with one attached hydrogen (secondary N) is 1. The second-order valence-electron chi connectivity index (χ2n) is 7.35. The fourth-order valence-electron chi connectivity index (χ4n) is 3.41. The summed E-state index contributed by atoms with van der Waals surface area (Å²) < 4.78 is 12.2. The molecule has 0 fully saturated rings. The maximum atomic E-state index is 12.4. The Balaban J connectivity index is 1.65. The molecule has 0 atom stereocenters. The number of amides is 1. The number of carbonyl (C=O) groups is 1. The van der Waals surface area contributed by atoms with Crippen LogP contribution in [0.2, 0.25) is 0 Å². The van der Waals surface area contributed by atoms with Crippen LogP contribution < -0.4 is 19.7 Å². The highest BCUT2D eigenvalue weighted by Gasteiger charge is 2.11. The Morgan fingerprint density at radius 1 is 1.03 bits per heavy atom. The highest BCUT2D eigenvalue weighted by molar-refractivity contribution is 9.10. The molecule has 0 unspecified atom stereocenters. The summed E-state index contributed by atoms with van der Waals surface area (Å²) in [5.74, 6) is 1.01. The maximum Gasteiger partial charge on any atom is 0.248 e. The summed E-state index contributed by atoms with van der Waals surface area (Å²) in [5, 5.41) is 2.90. The number of ether oxygens (including phenoxy) is 2. The molecule has 3 aromatic carbocycles. The summed E-state index contributed by atoms with van der Waals surface area (Å²) in [4.78, 5) is 14.7. The first-order valence-electron chi connectivity index (χ1n) is 10.9. The summed E-state index contributed by atoms with van der Waals surface area (Å²) in [6, 6.07) is 21.5. The lowest BCUT2D eigenvalue weighted by Crippen LogP contribution is -2.21. The number of benzene rings is 3. The Morgan fingerprint density at radius 3 is 2.36 bits per heavy atom. The average molecular weight is 509 g/mol. The van der Waals surface area contributed by atoms with E-state index in [1.54, 1.807) is 13.2 Å². The van der Waals surface area contributed by atoms with E-state index in [1.807, 2.05) is 66.7 Å². The zero-order chi connectivity index (χ0) is 23.6. The van der Waals surface area contributed by atoms with Crippen molar-refractivity contribution in [3.05, 3.63) is 88.4 Å². The molecule has 0 saturated heterocycles. The van der Waals surface area contributed by atoms with Crippen LogP contribution in [0.1, 0.15) is 25.0 Å². The van der Waals surface area contributed by atoms with E-state index in [4.69, 9.17) is 9.47 Å². The summed E-state index contributed by atoms with van der Waals surface area (Å²) in [7, 11) is 1.60. The quantitative estimate of drug-likeness (QED) is 0.316. The fourth-order valence-corrected chi connectivity index (χ4v) is 3.98. The normalized spacial score (nSPS) is 10.8. The smallest absolute Gasteiger partial charge is 0.248 e. The van der Waals surface area contributed by atoms with E-state index >= 15 is 0 Å². The maximum absolute atomic E-state index is 12.4. The van der Waals surface area contributed by atoms with Gasteiger partial charge in [-0.1, -0.05) is 30.3 Å². The third kappa shape index (κ3) is 6.86. The van der Waals surface area contributed by atoms with Crippen molar-refractivity contribution in [1.29, 1.82) is 0 Å². The molecule has 5 nitrogen and oxygen atoms in total. The van der Waals surface area contributed by atoms with Gasteiger partial charge < -0.3 is 19.7 Å². The van der Waals surface area contributed by atoms with Crippen molar-refractivity contribution in [2.24, 2.45) is 0 Å². The lowest BCUT2D eigenvalue weighted by Gasteiger charge is -2.21. The lowest BCUT2D eigenvalue weighted by atomic mass is 10.1. The van der Waals surface area contributed by atoms with Gasteiger partial charge in [-0.25, -0.2) is 0 Å². The number of nitrogens with zero attached hydrogens (tertiary/aromatic N) is 1. The SMILES string of the molecule is CCN(CC)c1ccc(NC(=O)C=Cc2cc(Br)c(OCc3ccccc3)c(OC)c2)cc1. The predicted octanol–water partition coefficient (Wildman–Crippen LogP) is 6.53. The van der Waals surface area contributed by atoms with E-state index in [0.717, 1.165) is 40.1 Å². The standard InChI is InChI=1S/C27H29BrN2O3/c1-4-30(5-2)23-14-12-22(13-15-23)29-26(31)16-11-21-17-24(28)27(25(18-21)32-3)33-19-20-9-7-6-8-10-20/h6-18H,4-5,19H2,1-3H3,(H,29,31). The molecule has 0 aromatic heterocycles. The second kappa shape index (κ2) is 12.1. The molecule has 0 spiro atoms. The van der Waals surface area contributed by atoms with Gasteiger partial charge in [0.05, 0.1) is 11.6 Å². The van der Waals surface area contributed by atoms with Crippen molar-refractivity contribution in [2.75, 3.05) is 30.4 Å². The van der Waals surface area contributed by atoms with Crippen LogP contribution in [0.4, 0.5) is 11.4 Å². The molecular weight excluding hydrogens is 480 g/mol. The molecule has 0 heterocycles. The van der Waals surface area contributed by atoms with Gasteiger partial charge in [-0.15, -0.1) is 0 Å². The van der Waals surface area contributed by atoms with Crippen LogP contribution in [-0.2, 0) is 11.4 Å². The molecular formula is C27H29BrN2O3. The summed E-state index contributed by atoms with van der Waals surface area (Å²) in [6.45, 7) is 6.57. The Bertz CT molecular complexity index is 1080. The lowest BCUT2D eigenvalue weighted by molar-refractivity contribution is -0.111. The Morgan fingerprint density at radius 2 is 1.73 bits per heavy atom. The van der Waals surface area contributed by atoms with Crippen LogP contribution in [0.5, 0.6) is 11.5 Å². The molecule has 0 saturated carbocycles. The molecule has 0 aliphatic carbocycles. The van der Waals surface area contributed by atoms with E-state index in [0.29, 0.717) is 18.1 Å². The van der Waals surface area contributed by atoms with Crippen LogP contribution in [0.25, 0.3) is 6.08 Å². The van der Waals surface area contributed by atoms with Gasteiger partial charge >= 0.3 is 0 Å². The van der Waals surface area contributed by atoms with Crippen molar-refractivity contribution in [1.82, 2.24) is 0 Å². The molecule has 3 aromatic rings. The van der Waals surface area contributed by atoms with Crippen LogP contribution in [0, 0.1) is 0 Å². The van der Waals surface area contributed by atoms with Crippen LogP contribution in [0.3, 0.4) is 0 Å². The van der Waals surface area contributed by atoms with Crippen LogP contribution >= 0.6 is 15.9 Å². The average Bonchev–Trinajstić information content (AvgIpc) is 2.84. The molecule has 6 heteroatoms. The van der Waals surface area contributed by atoms with Gasteiger partial charge in [-0.3, -0.25) is 4.79 Å². The van der Waals surface area contributed by atoms with Gasteiger partial charge in [0, 0.05) is 30.5 Å². The number of hydrogen-bond donors (Lipinski definition) is 1. The van der Waals surface area contributed by atoms with Crippen molar-refractivity contribution < 1.29 is 14.3 Å². The van der Waals surface area contributed by atoms with Gasteiger partial charge in [0.15, 0.2) is 11.5 Å². The van der Waals surface area contributed by atoms with Gasteiger partial charge in [0.2, 0.25) is 5.91 Å². The Labute approximate surface area is 204 Å². The number of rotatable bonds is 10. The van der Waals surface area contributed by atoms with Gasteiger partial charge in [-0.05, 0) is 83.4 Å². The highest BCUT2D eigenvalue weighted by Crippen LogP contribution is 2.37. The molecule has 172 valence electrons. The summed E-state index contributed by atoms with van der Waals surface area (Å²) >= 11 is 3.56. The molecule has 33 heavy (non-hydrogen) atoms. The van der Waals surface area contributed by atoms with Gasteiger partial charge in [0.1, 0.15) is 6.61 Å². The van der Waals surface area contributed by atoms with Crippen molar-refractivity contribution >= 4 is 39.3 Å². The van der Waals surface area contributed by atoms with Crippen molar-refractivity contribution in [3.8, 4) is 11.5 Å². The van der Waals surface area contributed by atoms with Gasteiger partial charge in [-0.2, -0.15) is 0 Å². The Kier molecular flexibility index (Phi) is 8.95. The zero-order valence-corrected chi connectivity index (χ0v) is 20.8. The molecule has 1 N–H and O–H groups in total. The van der Waals surface area contributed by atoms with E-state index in [2.05, 4.69) is 40.0 Å². The fraction of sp³-hybridized carbons (Fsp3) is 0.222. The Hall–Kier alpha value is -3.25. The minimum absolute atomic E-state index is 0.204. The first-order valence-corrected chi connectivity index (χ1v) is 11.7. The van der Waals surface area contributed by atoms with Gasteiger partial charge in [0.25, 0.3) is 0 Å². The van der Waals surface area contributed by atoms with E-state index in [9.17, 15) is 4.79 Å². The van der Waals surface area contributed by atoms with Crippen molar-refractivity contribution in [3.63, 3.8) is 0 Å².